The van der Waals surface area contributed by atoms with Gasteiger partial charge < -0.3 is 5.11 Å². The van der Waals surface area contributed by atoms with Gasteiger partial charge in [-0.25, -0.2) is 10.4 Å². The molecule has 0 bridgehead atoms. The number of benzene rings is 2. The van der Waals surface area contributed by atoms with Crippen molar-refractivity contribution in [3.63, 3.8) is 0 Å². The summed E-state index contributed by atoms with van der Waals surface area (Å²) in [5.41, 5.74) is 3.91. The van der Waals surface area contributed by atoms with Gasteiger partial charge in [-0.1, -0.05) is 42.5 Å². The van der Waals surface area contributed by atoms with Gasteiger partial charge in [0.1, 0.15) is 5.01 Å². The van der Waals surface area contributed by atoms with Crippen LogP contribution in [0.2, 0.25) is 0 Å². The van der Waals surface area contributed by atoms with Gasteiger partial charge in [0.05, 0.1) is 23.3 Å². The van der Waals surface area contributed by atoms with Crippen LogP contribution < -0.4 is 10.5 Å². The number of carbonyl (C=O) groups is 1. The van der Waals surface area contributed by atoms with Gasteiger partial charge in [0, 0.05) is 22.6 Å². The lowest BCUT2D eigenvalue weighted by Crippen LogP contribution is -2.19. The molecular formula is C18H13N4O4S-. The fraction of sp³-hybridized carbons (Fsp3) is 0.0556. The van der Waals surface area contributed by atoms with E-state index in [1.165, 1.54) is 23.6 Å². The Morgan fingerprint density at radius 2 is 2.04 bits per heavy atom. The van der Waals surface area contributed by atoms with Crippen molar-refractivity contribution >= 4 is 29.1 Å². The fourth-order valence-electron chi connectivity index (χ4n) is 2.25. The van der Waals surface area contributed by atoms with Gasteiger partial charge in [-0.2, -0.15) is 5.10 Å². The van der Waals surface area contributed by atoms with E-state index in [0.29, 0.717) is 10.6 Å². The van der Waals surface area contributed by atoms with Crippen molar-refractivity contribution in [3.05, 3.63) is 74.6 Å². The largest absolute Gasteiger partial charge is 0.868 e. The summed E-state index contributed by atoms with van der Waals surface area (Å²) in [5.74, 6) is -1.05. The highest BCUT2D eigenvalue weighted by molar-refractivity contribution is 7.10. The van der Waals surface area contributed by atoms with E-state index in [1.54, 1.807) is 0 Å². The van der Waals surface area contributed by atoms with Gasteiger partial charge in [-0.15, -0.1) is 11.3 Å². The predicted octanol–water partition coefficient (Wildman–Crippen LogP) is 2.48. The molecule has 0 radical (unpaired) electrons. The van der Waals surface area contributed by atoms with Gasteiger partial charge >= 0.3 is 0 Å². The van der Waals surface area contributed by atoms with E-state index in [0.717, 1.165) is 23.4 Å². The number of amides is 1. The minimum atomic E-state index is -0.759. The van der Waals surface area contributed by atoms with E-state index in [-0.39, 0.29) is 12.3 Å². The molecule has 2 aromatic carbocycles. The zero-order valence-electron chi connectivity index (χ0n) is 13.9. The second-order valence-electron chi connectivity index (χ2n) is 5.45. The van der Waals surface area contributed by atoms with Crippen LogP contribution in [0.3, 0.4) is 0 Å². The molecular weight excluding hydrogens is 368 g/mol. The average Bonchev–Trinajstić information content (AvgIpc) is 3.12. The minimum Gasteiger partial charge on any atom is -0.868 e. The van der Waals surface area contributed by atoms with Crippen molar-refractivity contribution in [1.82, 2.24) is 10.4 Å². The number of nitrogens with zero attached hydrogens (tertiary/aromatic N) is 3. The fourth-order valence-corrected chi connectivity index (χ4v) is 3.05. The second-order valence-corrected chi connectivity index (χ2v) is 6.39. The van der Waals surface area contributed by atoms with Crippen LogP contribution in [0.25, 0.3) is 11.3 Å². The lowest BCUT2D eigenvalue weighted by atomic mass is 10.2. The number of hydrogen-bond acceptors (Lipinski definition) is 7. The normalized spacial score (nSPS) is 10.8. The molecule has 0 atom stereocenters. The Morgan fingerprint density at radius 1 is 1.26 bits per heavy atom. The first-order valence-corrected chi connectivity index (χ1v) is 8.68. The highest BCUT2D eigenvalue weighted by atomic mass is 32.1. The lowest BCUT2D eigenvalue weighted by Gasteiger charge is -2.05. The van der Waals surface area contributed by atoms with E-state index < -0.39 is 16.4 Å². The maximum atomic E-state index is 12.0. The maximum absolute atomic E-state index is 12.0. The number of carbonyl (C=O) groups excluding carboxylic acids is 1. The standard InChI is InChI=1S/C18H14N4O4S/c23-16-7-6-12(8-15(16)22(25)26)10-19-21-17(24)9-18-20-14(11-27-18)13-4-2-1-3-5-13/h1-8,10-11,23H,9H2,(H,21,24)/p-1/b19-10-. The Hall–Kier alpha value is -3.59. The van der Waals surface area contributed by atoms with E-state index >= 15 is 0 Å². The average molecular weight is 381 g/mol. The number of nitro groups is 1. The first kappa shape index (κ1) is 18.2. The molecule has 0 saturated carbocycles. The van der Waals surface area contributed by atoms with E-state index in [9.17, 15) is 20.0 Å². The van der Waals surface area contributed by atoms with Crippen LogP contribution in [0.1, 0.15) is 10.6 Å². The summed E-state index contributed by atoms with van der Waals surface area (Å²) in [7, 11) is 0. The van der Waals surface area contributed by atoms with Crippen molar-refractivity contribution in [2.24, 2.45) is 5.10 Å². The SMILES string of the molecule is O=C(Cc1nc(-c2ccccc2)cs1)N/N=C\c1ccc([O-])c([N+](=O)[O-])c1. The van der Waals surface area contributed by atoms with Crippen molar-refractivity contribution in [3.8, 4) is 17.0 Å². The van der Waals surface area contributed by atoms with Crippen molar-refractivity contribution in [2.75, 3.05) is 0 Å². The molecule has 0 fully saturated rings. The molecule has 1 N–H and O–H groups in total. The van der Waals surface area contributed by atoms with Gasteiger partial charge in [0.25, 0.3) is 5.69 Å². The number of nitrogens with one attached hydrogen (secondary N) is 1. The van der Waals surface area contributed by atoms with Crippen LogP contribution in [0.15, 0.2) is 59.0 Å². The molecule has 0 aliphatic rings. The van der Waals surface area contributed by atoms with Crippen molar-refractivity contribution < 1.29 is 14.8 Å². The van der Waals surface area contributed by atoms with Crippen LogP contribution in [-0.2, 0) is 11.2 Å². The summed E-state index contributed by atoms with van der Waals surface area (Å²) in [5, 5.41) is 28.4. The molecule has 3 rings (SSSR count). The molecule has 0 aliphatic heterocycles. The predicted molar refractivity (Wildman–Crippen MR) is 99.5 cm³/mol. The molecule has 1 heterocycles. The molecule has 8 nitrogen and oxygen atoms in total. The van der Waals surface area contributed by atoms with Crippen LogP contribution >= 0.6 is 11.3 Å². The van der Waals surface area contributed by atoms with Crippen molar-refractivity contribution in [2.45, 2.75) is 6.42 Å². The molecule has 0 unspecified atom stereocenters. The third kappa shape index (κ3) is 4.73. The Morgan fingerprint density at radius 3 is 2.78 bits per heavy atom. The Kier molecular flexibility index (Phi) is 5.53. The smallest absolute Gasteiger partial charge is 0.262 e. The van der Waals surface area contributed by atoms with Crippen LogP contribution in [0.4, 0.5) is 5.69 Å². The van der Waals surface area contributed by atoms with Crippen LogP contribution in [0, 0.1) is 10.1 Å². The van der Waals surface area contributed by atoms with Gasteiger partial charge in [0.15, 0.2) is 0 Å². The molecule has 27 heavy (non-hydrogen) atoms. The van der Waals surface area contributed by atoms with Gasteiger partial charge in [0.2, 0.25) is 5.91 Å². The molecule has 9 heteroatoms. The quantitative estimate of drug-likeness (QED) is 0.399. The third-order valence-electron chi connectivity index (χ3n) is 3.52. The number of hydrazone groups is 1. The molecule has 1 amide bonds. The molecule has 1 aromatic heterocycles. The monoisotopic (exact) mass is 381 g/mol. The number of rotatable bonds is 6. The Balaban J connectivity index is 1.59. The molecule has 3 aromatic rings. The zero-order chi connectivity index (χ0) is 19.2. The summed E-state index contributed by atoms with van der Waals surface area (Å²) in [6.07, 6.45) is 1.30. The van der Waals surface area contributed by atoms with Gasteiger partial charge in [-0.3, -0.25) is 14.9 Å². The summed E-state index contributed by atoms with van der Waals surface area (Å²) in [6, 6.07) is 13.2. The van der Waals surface area contributed by atoms with Crippen LogP contribution in [-0.4, -0.2) is 22.0 Å². The first-order chi connectivity index (χ1) is 13.0. The number of thiazole rings is 1. The topological polar surface area (TPSA) is 121 Å². The minimum absolute atomic E-state index is 0.0640. The maximum Gasteiger partial charge on any atom is 0.262 e. The van der Waals surface area contributed by atoms with Crippen molar-refractivity contribution in [1.29, 1.82) is 0 Å². The van der Waals surface area contributed by atoms with E-state index in [4.69, 9.17) is 0 Å². The summed E-state index contributed by atoms with van der Waals surface area (Å²) in [4.78, 5) is 26.4. The second kappa shape index (κ2) is 8.19. The number of aromatic nitrogens is 1. The summed E-state index contributed by atoms with van der Waals surface area (Å²) in [6.45, 7) is 0. The zero-order valence-corrected chi connectivity index (χ0v) is 14.7. The third-order valence-corrected chi connectivity index (χ3v) is 4.36. The molecule has 0 aliphatic carbocycles. The summed E-state index contributed by atoms with van der Waals surface area (Å²) < 4.78 is 0. The Bertz CT molecular complexity index is 1000. The highest BCUT2D eigenvalue weighted by Gasteiger charge is 2.09. The van der Waals surface area contributed by atoms with Crippen LogP contribution in [0.5, 0.6) is 5.75 Å². The molecule has 0 saturated heterocycles. The summed E-state index contributed by atoms with van der Waals surface area (Å²) >= 11 is 1.38. The van der Waals surface area contributed by atoms with E-state index in [2.05, 4.69) is 15.5 Å². The highest BCUT2D eigenvalue weighted by Crippen LogP contribution is 2.23. The Labute approximate surface area is 158 Å². The number of nitro benzene ring substituents is 1. The molecule has 136 valence electrons. The van der Waals surface area contributed by atoms with Gasteiger partial charge in [-0.05, 0) is 5.75 Å². The van der Waals surface area contributed by atoms with E-state index in [1.807, 2.05) is 35.7 Å². The molecule has 0 spiro atoms. The number of hydrogen-bond donors (Lipinski definition) is 1. The lowest BCUT2D eigenvalue weighted by molar-refractivity contribution is -0.398. The first-order valence-electron chi connectivity index (χ1n) is 7.80.